The quantitative estimate of drug-likeness (QED) is 0.623. The second-order valence-corrected chi connectivity index (χ2v) is 2.34. The minimum absolute atomic E-state index is 0. The smallest absolute Gasteiger partial charge is 0.303 e. The van der Waals surface area contributed by atoms with Crippen molar-refractivity contribution in [2.45, 2.75) is 25.7 Å². The highest BCUT2D eigenvalue weighted by Crippen LogP contribution is 2.02. The lowest BCUT2D eigenvalue weighted by Gasteiger charge is -1.95. The zero-order valence-corrected chi connectivity index (χ0v) is 7.92. The van der Waals surface area contributed by atoms with Gasteiger partial charge in [-0.25, -0.2) is 0 Å². The topological polar surface area (TPSA) is 74.6 Å². The second kappa shape index (κ2) is 9.32. The third kappa shape index (κ3) is 14.1. The van der Waals surface area contributed by atoms with Gasteiger partial charge in [-0.2, -0.15) is 0 Å². The standard InChI is InChI=1S/C8H12O4.ClH/c9-7(10)5-3-1-2-4-6-8(11)12;/h1-2H,3-6H2,(H,9,10)(H,11,12);1H. The Morgan fingerprint density at radius 3 is 1.46 bits per heavy atom. The summed E-state index contributed by atoms with van der Waals surface area (Å²) in [5.74, 6) is -1.67. The molecule has 0 saturated carbocycles. The summed E-state index contributed by atoms with van der Waals surface area (Å²) < 4.78 is 0. The highest BCUT2D eigenvalue weighted by Gasteiger charge is 1.98. The average molecular weight is 209 g/mol. The molecule has 76 valence electrons. The second-order valence-electron chi connectivity index (χ2n) is 2.34. The number of unbranched alkanes of at least 4 members (excludes halogenated alkanes) is 3. The molecule has 2 N–H and O–H groups in total. The van der Waals surface area contributed by atoms with E-state index < -0.39 is 11.9 Å². The van der Waals surface area contributed by atoms with Crippen LogP contribution in [-0.2, 0) is 9.59 Å². The van der Waals surface area contributed by atoms with Gasteiger partial charge < -0.3 is 10.2 Å². The van der Waals surface area contributed by atoms with Gasteiger partial charge in [-0.15, -0.1) is 12.4 Å². The molecule has 0 heterocycles. The predicted molar refractivity (Wildman–Crippen MR) is 49.6 cm³/mol. The van der Waals surface area contributed by atoms with E-state index in [4.69, 9.17) is 10.2 Å². The normalized spacial score (nSPS) is 8.92. The Balaban J connectivity index is 0. The molecular weight excluding hydrogens is 196 g/mol. The fraction of sp³-hybridized carbons (Fsp3) is 0.500. The van der Waals surface area contributed by atoms with Crippen LogP contribution in [0.1, 0.15) is 25.7 Å². The molecule has 0 aliphatic heterocycles. The summed E-state index contributed by atoms with van der Waals surface area (Å²) in [6.45, 7) is 0. The molecule has 2 radical (unpaired) electrons. The van der Waals surface area contributed by atoms with Gasteiger partial charge in [0.05, 0.1) is 0 Å². The summed E-state index contributed by atoms with van der Waals surface area (Å²) in [6, 6.07) is 0. The molecule has 0 saturated heterocycles. The molecule has 0 amide bonds. The molecule has 13 heavy (non-hydrogen) atoms. The predicted octanol–water partition coefficient (Wildman–Crippen LogP) is 1.55. The highest BCUT2D eigenvalue weighted by atomic mass is 35.5. The third-order valence-electron chi connectivity index (χ3n) is 1.22. The summed E-state index contributed by atoms with van der Waals surface area (Å²) in [4.78, 5) is 20.0. The maximum atomic E-state index is 10.0. The van der Waals surface area contributed by atoms with Crippen LogP contribution in [0.5, 0.6) is 0 Å². The van der Waals surface area contributed by atoms with Gasteiger partial charge in [-0.05, 0) is 25.7 Å². The van der Waals surface area contributed by atoms with Gasteiger partial charge in [0.1, 0.15) is 0 Å². The lowest BCUT2D eigenvalue weighted by atomic mass is 10.1. The van der Waals surface area contributed by atoms with Crippen molar-refractivity contribution in [3.05, 3.63) is 12.8 Å². The first-order valence-electron chi connectivity index (χ1n) is 3.71. The molecule has 0 aliphatic carbocycles. The molecule has 0 spiro atoms. The number of rotatable bonds is 7. The van der Waals surface area contributed by atoms with E-state index in [1.165, 1.54) is 0 Å². The first kappa shape index (κ1) is 14.7. The highest BCUT2D eigenvalue weighted by molar-refractivity contribution is 5.85. The Morgan fingerprint density at radius 1 is 0.923 bits per heavy atom. The van der Waals surface area contributed by atoms with Crippen LogP contribution in [0.2, 0.25) is 0 Å². The maximum absolute atomic E-state index is 10.0. The summed E-state index contributed by atoms with van der Waals surface area (Å²) in [7, 11) is 0. The van der Waals surface area contributed by atoms with Gasteiger partial charge in [-0.3, -0.25) is 9.59 Å². The van der Waals surface area contributed by atoms with Gasteiger partial charge >= 0.3 is 11.9 Å². The molecule has 0 atom stereocenters. The zero-order chi connectivity index (χ0) is 9.40. The fourth-order valence-electron chi connectivity index (χ4n) is 0.649. The van der Waals surface area contributed by atoms with Crippen molar-refractivity contribution in [2.75, 3.05) is 0 Å². The van der Waals surface area contributed by atoms with Crippen molar-refractivity contribution in [3.63, 3.8) is 0 Å². The molecule has 0 aromatic heterocycles. The van der Waals surface area contributed by atoms with Gasteiger partial charge in [0, 0.05) is 12.8 Å². The monoisotopic (exact) mass is 208 g/mol. The Bertz CT molecular complexity index is 140. The Labute approximate surface area is 83.4 Å². The zero-order valence-electron chi connectivity index (χ0n) is 7.10. The number of carboxylic acids is 2. The Hall–Kier alpha value is -0.770. The van der Waals surface area contributed by atoms with Crippen molar-refractivity contribution in [2.24, 2.45) is 0 Å². The van der Waals surface area contributed by atoms with Crippen LogP contribution < -0.4 is 0 Å². The van der Waals surface area contributed by atoms with E-state index in [0.29, 0.717) is 12.8 Å². The molecule has 5 heteroatoms. The maximum Gasteiger partial charge on any atom is 0.303 e. The fourth-order valence-corrected chi connectivity index (χ4v) is 0.649. The Kier molecular flexibility index (Phi) is 10.6. The van der Waals surface area contributed by atoms with Gasteiger partial charge in [0.25, 0.3) is 0 Å². The van der Waals surface area contributed by atoms with E-state index in [9.17, 15) is 9.59 Å². The Morgan fingerprint density at radius 2 is 1.23 bits per heavy atom. The van der Waals surface area contributed by atoms with Gasteiger partial charge in [-0.1, -0.05) is 0 Å². The van der Waals surface area contributed by atoms with Crippen molar-refractivity contribution >= 4 is 24.3 Å². The van der Waals surface area contributed by atoms with E-state index in [1.54, 1.807) is 12.8 Å². The first-order chi connectivity index (χ1) is 5.63. The number of halogens is 1. The molecule has 0 fully saturated rings. The van der Waals surface area contributed by atoms with Crippen LogP contribution in [-0.4, -0.2) is 22.2 Å². The molecule has 0 aromatic carbocycles. The van der Waals surface area contributed by atoms with Crippen molar-refractivity contribution in [1.82, 2.24) is 0 Å². The largest absolute Gasteiger partial charge is 0.481 e. The van der Waals surface area contributed by atoms with Gasteiger partial charge in [0.15, 0.2) is 0 Å². The molecular formula is C8H13ClO4. The van der Waals surface area contributed by atoms with Gasteiger partial charge in [0.2, 0.25) is 0 Å². The van der Waals surface area contributed by atoms with Crippen LogP contribution >= 0.6 is 12.4 Å². The number of hydrogen-bond acceptors (Lipinski definition) is 2. The summed E-state index contributed by atoms with van der Waals surface area (Å²) in [5, 5.41) is 16.5. The van der Waals surface area contributed by atoms with E-state index in [2.05, 4.69) is 0 Å². The molecule has 0 rings (SSSR count). The van der Waals surface area contributed by atoms with Crippen molar-refractivity contribution in [1.29, 1.82) is 0 Å². The van der Waals surface area contributed by atoms with Crippen LogP contribution in [0.15, 0.2) is 0 Å². The number of carbonyl (C=O) groups is 2. The lowest BCUT2D eigenvalue weighted by Crippen LogP contribution is -1.96. The van der Waals surface area contributed by atoms with Crippen LogP contribution in [0.3, 0.4) is 0 Å². The van der Waals surface area contributed by atoms with E-state index >= 15 is 0 Å². The van der Waals surface area contributed by atoms with Crippen LogP contribution in [0.25, 0.3) is 0 Å². The molecule has 0 unspecified atom stereocenters. The van der Waals surface area contributed by atoms with Crippen molar-refractivity contribution < 1.29 is 19.8 Å². The van der Waals surface area contributed by atoms with E-state index in [0.717, 1.165) is 0 Å². The average Bonchev–Trinajstić information content (AvgIpc) is 1.95. The lowest BCUT2D eigenvalue weighted by molar-refractivity contribution is -0.138. The number of hydrogen-bond donors (Lipinski definition) is 2. The molecule has 4 nitrogen and oxygen atoms in total. The summed E-state index contributed by atoms with van der Waals surface area (Å²) >= 11 is 0. The molecule has 0 aliphatic rings. The minimum Gasteiger partial charge on any atom is -0.481 e. The minimum atomic E-state index is -0.835. The van der Waals surface area contributed by atoms with E-state index in [-0.39, 0.29) is 25.2 Å². The van der Waals surface area contributed by atoms with Crippen LogP contribution in [0.4, 0.5) is 0 Å². The summed E-state index contributed by atoms with van der Waals surface area (Å²) in [6.07, 6.45) is 4.52. The van der Waals surface area contributed by atoms with E-state index in [1.807, 2.05) is 0 Å². The SMILES string of the molecule is Cl.O=C(O)CC[CH][CH]CCC(=O)O. The number of carboxylic acid groups (broad SMARTS) is 2. The van der Waals surface area contributed by atoms with Crippen LogP contribution in [0, 0.1) is 12.8 Å². The van der Waals surface area contributed by atoms with Crippen molar-refractivity contribution in [3.8, 4) is 0 Å². The molecule has 0 aromatic rings. The molecule has 0 bridgehead atoms. The summed E-state index contributed by atoms with van der Waals surface area (Å²) in [5.41, 5.74) is 0. The number of aliphatic carboxylic acids is 2. The third-order valence-corrected chi connectivity index (χ3v) is 1.22. The first-order valence-corrected chi connectivity index (χ1v) is 3.71.